The first-order chi connectivity index (χ1) is 31.0. The summed E-state index contributed by atoms with van der Waals surface area (Å²) >= 11 is 0. The Morgan fingerprint density at radius 1 is 0.266 bits per heavy atom. The van der Waals surface area contributed by atoms with E-state index in [1.54, 1.807) is 0 Å². The van der Waals surface area contributed by atoms with Crippen molar-refractivity contribution in [3.8, 4) is 0 Å². The van der Waals surface area contributed by atoms with Crippen LogP contribution in [0.25, 0.3) is 0 Å². The molecular weight excluding hydrogens is 801 g/mol. The molecule has 8 heteroatoms. The molecule has 378 valence electrons. The first-order valence-corrected chi connectivity index (χ1v) is 26.8. The Morgan fingerprint density at radius 3 is 0.562 bits per heavy atom. The van der Waals surface area contributed by atoms with Crippen LogP contribution in [0.3, 0.4) is 0 Å². The Hall–Kier alpha value is -2.90. The van der Waals surface area contributed by atoms with Crippen molar-refractivity contribution in [1.29, 1.82) is 0 Å². The molecule has 0 aromatic rings. The van der Waals surface area contributed by atoms with Gasteiger partial charge in [0.05, 0.1) is 0 Å². The zero-order valence-electron chi connectivity index (χ0n) is 42.6. The average molecular weight is 907 g/mol. The van der Waals surface area contributed by atoms with Crippen molar-refractivity contribution in [1.82, 2.24) is 0 Å². The van der Waals surface area contributed by atoms with Gasteiger partial charge in [-0.25, -0.2) is 0 Å². The minimum Gasteiger partial charge on any atom is -0.481 e. The van der Waals surface area contributed by atoms with Crippen molar-refractivity contribution in [2.24, 2.45) is 0 Å². The monoisotopic (exact) mass is 907 g/mol. The summed E-state index contributed by atoms with van der Waals surface area (Å²) in [6.45, 7) is 7.86. The summed E-state index contributed by atoms with van der Waals surface area (Å²) in [5, 5.41) is 32.9. The average Bonchev–Trinajstić information content (AvgIpc) is 3.25. The van der Waals surface area contributed by atoms with E-state index in [1.165, 1.54) is 212 Å². The number of carboxylic acid groups (broad SMARTS) is 4. The maximum Gasteiger partial charge on any atom is 0.303 e. The van der Waals surface area contributed by atoms with Crippen molar-refractivity contribution in [2.75, 3.05) is 0 Å². The third kappa shape index (κ3) is 86.2. The van der Waals surface area contributed by atoms with E-state index in [0.29, 0.717) is 19.3 Å². The predicted octanol–water partition coefficient (Wildman–Crippen LogP) is 18.4. The molecule has 64 heavy (non-hydrogen) atoms. The van der Waals surface area contributed by atoms with Crippen LogP contribution in [0.2, 0.25) is 0 Å². The highest BCUT2D eigenvalue weighted by atomic mass is 16.4. The lowest BCUT2D eigenvalue weighted by Gasteiger charge is -1.99. The molecular formula is C56H106O8. The second-order valence-electron chi connectivity index (χ2n) is 17.7. The number of carboxylic acids is 4. The lowest BCUT2D eigenvalue weighted by Crippen LogP contribution is -1.93. The van der Waals surface area contributed by atoms with Gasteiger partial charge < -0.3 is 20.4 Å². The van der Waals surface area contributed by atoms with Crippen LogP contribution >= 0.6 is 0 Å². The van der Waals surface area contributed by atoms with Gasteiger partial charge in [-0.2, -0.15) is 0 Å². The van der Waals surface area contributed by atoms with E-state index in [-0.39, 0.29) is 0 Å². The van der Waals surface area contributed by atoms with Gasteiger partial charge in [-0.15, -0.1) is 0 Å². The van der Waals surface area contributed by atoms with Crippen molar-refractivity contribution < 1.29 is 39.6 Å². The van der Waals surface area contributed by atoms with Crippen LogP contribution in [-0.2, 0) is 19.2 Å². The molecule has 0 saturated carbocycles. The first-order valence-electron chi connectivity index (χ1n) is 26.8. The lowest BCUT2D eigenvalue weighted by atomic mass is 10.1. The van der Waals surface area contributed by atoms with Gasteiger partial charge in [-0.1, -0.05) is 211 Å². The Kier molecular flexibility index (Phi) is 68.1. The highest BCUT2D eigenvalue weighted by Crippen LogP contribution is 2.13. The Balaban J connectivity index is -0.000000404. The molecule has 0 aliphatic heterocycles. The number of hydrogen-bond donors (Lipinski definition) is 4. The maximum atomic E-state index is 10.3. The van der Waals surface area contributed by atoms with Crippen molar-refractivity contribution in [3.63, 3.8) is 0 Å². The predicted molar refractivity (Wildman–Crippen MR) is 275 cm³/mol. The van der Waals surface area contributed by atoms with Gasteiger partial charge in [0.25, 0.3) is 5.97 Å². The van der Waals surface area contributed by atoms with Gasteiger partial charge in [0.15, 0.2) is 0 Å². The number of hydrogen-bond acceptors (Lipinski definition) is 4. The molecule has 0 aliphatic carbocycles. The van der Waals surface area contributed by atoms with Crippen LogP contribution < -0.4 is 0 Å². The minimum absolute atomic E-state index is 0.332. The highest BCUT2D eigenvalue weighted by molar-refractivity contribution is 5.67. The lowest BCUT2D eigenvalue weighted by molar-refractivity contribution is -0.138. The van der Waals surface area contributed by atoms with Gasteiger partial charge >= 0.3 is 17.9 Å². The molecule has 0 rings (SSSR count). The molecule has 0 unspecified atom stereocenters. The van der Waals surface area contributed by atoms with Crippen LogP contribution in [-0.4, -0.2) is 44.3 Å². The standard InChI is InChI=1S/3C18H34O2.C2H4O2/c3*1-2-3-4-5-6-7-8-9-10-11-12-13-14-15-16-17-18(19)20;1-2(3)4/h3*9-10H,2-8,11-17H2,1H3,(H,19,20);1H3,(H,3,4)/b3*10-9-;. The quantitative estimate of drug-likeness (QED) is 0.0349. The minimum atomic E-state index is -0.833. The van der Waals surface area contributed by atoms with E-state index in [0.717, 1.165) is 45.4 Å². The fourth-order valence-corrected chi connectivity index (χ4v) is 7.04. The molecule has 0 atom stereocenters. The Morgan fingerprint density at radius 2 is 0.406 bits per heavy atom. The fourth-order valence-electron chi connectivity index (χ4n) is 7.04. The highest BCUT2D eigenvalue weighted by Gasteiger charge is 1.98. The zero-order valence-corrected chi connectivity index (χ0v) is 42.6. The van der Waals surface area contributed by atoms with Crippen molar-refractivity contribution >= 4 is 23.9 Å². The van der Waals surface area contributed by atoms with Gasteiger partial charge in [-0.3, -0.25) is 19.2 Å². The van der Waals surface area contributed by atoms with E-state index < -0.39 is 23.9 Å². The van der Waals surface area contributed by atoms with Gasteiger partial charge in [-0.05, 0) is 96.3 Å². The van der Waals surface area contributed by atoms with Crippen LogP contribution in [0, 0.1) is 0 Å². The summed E-state index contributed by atoms with van der Waals surface area (Å²) in [5.74, 6) is -2.83. The maximum absolute atomic E-state index is 10.3. The molecule has 8 nitrogen and oxygen atoms in total. The molecule has 0 spiro atoms. The fraction of sp³-hybridized carbons (Fsp3) is 0.821. The third-order valence-corrected chi connectivity index (χ3v) is 11.0. The second-order valence-corrected chi connectivity index (χ2v) is 17.7. The first kappa shape index (κ1) is 67.7. The summed E-state index contributed by atoms with van der Waals surface area (Å²) in [7, 11) is 0. The number of rotatable bonds is 45. The van der Waals surface area contributed by atoms with Gasteiger partial charge in [0, 0.05) is 26.2 Å². The molecule has 0 aromatic carbocycles. The van der Waals surface area contributed by atoms with Crippen LogP contribution in [0.5, 0.6) is 0 Å². The zero-order chi connectivity index (χ0) is 48.3. The summed E-state index contributed by atoms with van der Waals surface area (Å²) < 4.78 is 0. The molecule has 0 heterocycles. The molecule has 0 fully saturated rings. The molecule has 0 amide bonds. The molecule has 4 N–H and O–H groups in total. The molecule has 0 radical (unpaired) electrons. The van der Waals surface area contributed by atoms with Crippen LogP contribution in [0.4, 0.5) is 0 Å². The van der Waals surface area contributed by atoms with Crippen LogP contribution in [0.1, 0.15) is 297 Å². The van der Waals surface area contributed by atoms with Gasteiger partial charge in [0.1, 0.15) is 0 Å². The number of unbranched alkanes of at least 4 members (excludes halogenated alkanes) is 33. The van der Waals surface area contributed by atoms with Crippen molar-refractivity contribution in [2.45, 2.75) is 297 Å². The van der Waals surface area contributed by atoms with E-state index in [4.69, 9.17) is 25.2 Å². The van der Waals surface area contributed by atoms with E-state index in [9.17, 15) is 14.4 Å². The molecule has 0 aromatic heterocycles. The Labute approximate surface area is 396 Å². The molecule has 0 aliphatic rings. The largest absolute Gasteiger partial charge is 0.481 e. The smallest absolute Gasteiger partial charge is 0.303 e. The summed E-state index contributed by atoms with van der Waals surface area (Å²) in [6.07, 6.45) is 63.7. The summed E-state index contributed by atoms with van der Waals surface area (Å²) in [4.78, 5) is 40.0. The SMILES string of the molecule is CC(=O)O.CCCCCCCC/C=C\CCCCCCCC(=O)O.CCCCCCCC/C=C\CCCCCCCC(=O)O.CCCCCCCC/C=C\CCCCCCCC(=O)O. The second kappa shape index (κ2) is 64.4. The summed E-state index contributed by atoms with van der Waals surface area (Å²) in [5.41, 5.74) is 0. The van der Waals surface area contributed by atoms with E-state index >= 15 is 0 Å². The molecule has 0 bridgehead atoms. The molecule has 0 saturated heterocycles. The summed E-state index contributed by atoms with van der Waals surface area (Å²) in [6, 6.07) is 0. The van der Waals surface area contributed by atoms with Crippen LogP contribution in [0.15, 0.2) is 36.5 Å². The number of aliphatic carboxylic acids is 4. The Bertz CT molecular complexity index is 911. The van der Waals surface area contributed by atoms with E-state index in [2.05, 4.69) is 57.2 Å². The van der Waals surface area contributed by atoms with Crippen molar-refractivity contribution in [3.05, 3.63) is 36.5 Å². The van der Waals surface area contributed by atoms with E-state index in [1.807, 2.05) is 0 Å². The normalized spacial score (nSPS) is 10.9. The van der Waals surface area contributed by atoms with Gasteiger partial charge in [0.2, 0.25) is 0 Å². The topological polar surface area (TPSA) is 149 Å². The number of carbonyl (C=O) groups is 4. The number of allylic oxidation sites excluding steroid dienone is 6. The third-order valence-electron chi connectivity index (χ3n) is 11.0.